The largest absolute Gasteiger partial charge is 0.389 e. The van der Waals surface area contributed by atoms with Crippen LogP contribution < -0.4 is 0 Å². The first-order valence-corrected chi connectivity index (χ1v) is 8.76. The molecular formula is C17H34N2O4. The molecule has 0 amide bonds. The van der Waals surface area contributed by atoms with E-state index in [1.807, 2.05) is 0 Å². The second-order valence-electron chi connectivity index (χ2n) is 8.11. The molecule has 136 valence electrons. The number of aliphatic hydroxyl groups excluding tert-OH is 2. The standard InChI is InChI=1S/C17H34N2O4/c1-13-5-18(13)7-15(20)9-22-11-17(3,4)12-23-10-16(21)8-19-6-14(19)2/h13-16,20-21H,5-12H2,1-4H3. The maximum Gasteiger partial charge on any atom is 0.0900 e. The highest BCUT2D eigenvalue weighted by Crippen LogP contribution is 2.19. The molecule has 0 spiro atoms. The summed E-state index contributed by atoms with van der Waals surface area (Å²) in [7, 11) is 0. The van der Waals surface area contributed by atoms with Crippen LogP contribution in [0.2, 0.25) is 0 Å². The first kappa shape index (κ1) is 19.1. The lowest BCUT2D eigenvalue weighted by Gasteiger charge is -2.25. The zero-order valence-corrected chi connectivity index (χ0v) is 15.1. The Hall–Kier alpha value is -0.240. The molecule has 6 nitrogen and oxygen atoms in total. The van der Waals surface area contributed by atoms with E-state index in [0.29, 0.717) is 51.6 Å². The lowest BCUT2D eigenvalue weighted by atomic mass is 9.96. The van der Waals surface area contributed by atoms with Crippen molar-refractivity contribution < 1.29 is 19.7 Å². The molecule has 6 heteroatoms. The summed E-state index contributed by atoms with van der Waals surface area (Å²) in [6, 6.07) is 1.21. The van der Waals surface area contributed by atoms with Gasteiger partial charge in [0.05, 0.1) is 38.6 Å². The van der Waals surface area contributed by atoms with Gasteiger partial charge in [-0.25, -0.2) is 0 Å². The van der Waals surface area contributed by atoms with Crippen LogP contribution in [0.5, 0.6) is 0 Å². The summed E-state index contributed by atoms with van der Waals surface area (Å²) in [4.78, 5) is 4.45. The van der Waals surface area contributed by atoms with E-state index in [0.717, 1.165) is 13.1 Å². The van der Waals surface area contributed by atoms with Gasteiger partial charge in [-0.1, -0.05) is 13.8 Å². The number of hydrogen-bond acceptors (Lipinski definition) is 6. The van der Waals surface area contributed by atoms with Crippen molar-refractivity contribution in [3.8, 4) is 0 Å². The fourth-order valence-electron chi connectivity index (χ4n) is 2.72. The molecule has 0 aromatic rings. The minimum atomic E-state index is -0.423. The molecule has 6 unspecified atom stereocenters. The Kier molecular flexibility index (Phi) is 6.83. The first-order valence-electron chi connectivity index (χ1n) is 8.76. The molecule has 2 aliphatic heterocycles. The van der Waals surface area contributed by atoms with E-state index in [2.05, 4.69) is 37.5 Å². The molecule has 2 rings (SSSR count). The van der Waals surface area contributed by atoms with E-state index in [1.54, 1.807) is 0 Å². The predicted octanol–water partition coefficient (Wildman–Crippen LogP) is 0.176. The van der Waals surface area contributed by atoms with Gasteiger partial charge in [-0.05, 0) is 13.8 Å². The molecule has 2 fully saturated rings. The third-order valence-corrected chi connectivity index (χ3v) is 4.47. The second kappa shape index (κ2) is 8.23. The van der Waals surface area contributed by atoms with Crippen LogP contribution in [0.4, 0.5) is 0 Å². The van der Waals surface area contributed by atoms with Crippen LogP contribution in [0.15, 0.2) is 0 Å². The normalized spacial score (nSPS) is 32.6. The fraction of sp³-hybridized carbons (Fsp3) is 1.00. The van der Waals surface area contributed by atoms with Crippen molar-refractivity contribution in [3.63, 3.8) is 0 Å². The van der Waals surface area contributed by atoms with Crippen LogP contribution in [0.1, 0.15) is 27.7 Å². The minimum Gasteiger partial charge on any atom is -0.389 e. The van der Waals surface area contributed by atoms with Crippen molar-refractivity contribution in [1.29, 1.82) is 0 Å². The number of rotatable bonds is 12. The van der Waals surface area contributed by atoms with Gasteiger partial charge in [0.25, 0.3) is 0 Å². The van der Waals surface area contributed by atoms with E-state index < -0.39 is 12.2 Å². The SMILES string of the molecule is CC1CN1CC(O)COCC(C)(C)COCC(O)CN1CC1C. The zero-order chi connectivity index (χ0) is 17.0. The number of hydrogen-bond donors (Lipinski definition) is 2. The average molecular weight is 330 g/mol. The average Bonchev–Trinajstić information content (AvgIpc) is 3.30. The molecule has 6 atom stereocenters. The highest BCUT2D eigenvalue weighted by molar-refractivity contribution is 4.87. The molecule has 0 radical (unpaired) electrons. The highest BCUT2D eigenvalue weighted by atomic mass is 16.5. The van der Waals surface area contributed by atoms with Gasteiger partial charge in [0, 0.05) is 43.7 Å². The van der Waals surface area contributed by atoms with Gasteiger partial charge in [-0.2, -0.15) is 0 Å². The molecule has 2 heterocycles. The van der Waals surface area contributed by atoms with Crippen molar-refractivity contribution in [3.05, 3.63) is 0 Å². The molecule has 0 bridgehead atoms. The van der Waals surface area contributed by atoms with Gasteiger partial charge in [-0.3, -0.25) is 9.80 Å². The second-order valence-corrected chi connectivity index (χ2v) is 8.11. The van der Waals surface area contributed by atoms with Crippen molar-refractivity contribution in [2.45, 2.75) is 52.0 Å². The van der Waals surface area contributed by atoms with Gasteiger partial charge in [0.1, 0.15) is 0 Å². The Morgan fingerprint density at radius 3 is 1.57 bits per heavy atom. The van der Waals surface area contributed by atoms with Crippen LogP contribution >= 0.6 is 0 Å². The maximum absolute atomic E-state index is 9.90. The van der Waals surface area contributed by atoms with Gasteiger partial charge in [0.15, 0.2) is 0 Å². The van der Waals surface area contributed by atoms with Crippen molar-refractivity contribution >= 4 is 0 Å². The summed E-state index contributed by atoms with van der Waals surface area (Å²) < 4.78 is 11.3. The Morgan fingerprint density at radius 1 is 0.913 bits per heavy atom. The van der Waals surface area contributed by atoms with Crippen molar-refractivity contribution in [2.24, 2.45) is 5.41 Å². The van der Waals surface area contributed by atoms with Gasteiger partial charge in [-0.15, -0.1) is 0 Å². The lowest BCUT2D eigenvalue weighted by molar-refractivity contribution is -0.0480. The monoisotopic (exact) mass is 330 g/mol. The van der Waals surface area contributed by atoms with Gasteiger partial charge >= 0.3 is 0 Å². The Balaban J connectivity index is 1.49. The number of β-amino-alcohol motifs (C(OH)–C–C–N with tert-alkyl or cyclic N) is 2. The summed E-state index contributed by atoms with van der Waals surface area (Å²) in [5.74, 6) is 0. The number of nitrogens with zero attached hydrogens (tertiary/aromatic N) is 2. The van der Waals surface area contributed by atoms with Crippen LogP contribution in [-0.4, -0.2) is 96.9 Å². The lowest BCUT2D eigenvalue weighted by Crippen LogP contribution is -2.32. The molecule has 2 aliphatic rings. The topological polar surface area (TPSA) is 64.9 Å². The van der Waals surface area contributed by atoms with Gasteiger partial charge < -0.3 is 19.7 Å². The van der Waals surface area contributed by atoms with E-state index in [9.17, 15) is 10.2 Å². The van der Waals surface area contributed by atoms with Crippen LogP contribution in [-0.2, 0) is 9.47 Å². The molecule has 0 saturated carbocycles. The molecule has 0 aromatic carbocycles. The Labute approximate surface area is 140 Å². The first-order chi connectivity index (χ1) is 10.8. The maximum atomic E-state index is 9.90. The zero-order valence-electron chi connectivity index (χ0n) is 15.1. The molecule has 2 N–H and O–H groups in total. The molecule has 23 heavy (non-hydrogen) atoms. The van der Waals surface area contributed by atoms with E-state index >= 15 is 0 Å². The summed E-state index contributed by atoms with van der Waals surface area (Å²) in [5, 5.41) is 19.8. The highest BCUT2D eigenvalue weighted by Gasteiger charge is 2.31. The minimum absolute atomic E-state index is 0.125. The van der Waals surface area contributed by atoms with E-state index in [4.69, 9.17) is 9.47 Å². The quantitative estimate of drug-likeness (QED) is 0.498. The third kappa shape index (κ3) is 7.45. The number of aliphatic hydroxyl groups is 2. The summed E-state index contributed by atoms with van der Waals surface area (Å²) in [6.07, 6.45) is -0.846. The number of ether oxygens (including phenoxy) is 2. The smallest absolute Gasteiger partial charge is 0.0900 e. The molecule has 0 aromatic heterocycles. The molecular weight excluding hydrogens is 296 g/mol. The molecule has 0 aliphatic carbocycles. The van der Waals surface area contributed by atoms with E-state index in [-0.39, 0.29) is 5.41 Å². The van der Waals surface area contributed by atoms with Crippen molar-refractivity contribution in [1.82, 2.24) is 9.80 Å². The Bertz CT molecular complexity index is 335. The van der Waals surface area contributed by atoms with Crippen LogP contribution in [0.25, 0.3) is 0 Å². The fourth-order valence-corrected chi connectivity index (χ4v) is 2.72. The van der Waals surface area contributed by atoms with Crippen LogP contribution in [0.3, 0.4) is 0 Å². The summed E-state index contributed by atoms with van der Waals surface area (Å²) in [5.41, 5.74) is -0.125. The molecule has 2 saturated heterocycles. The predicted molar refractivity (Wildman–Crippen MR) is 89.5 cm³/mol. The van der Waals surface area contributed by atoms with Gasteiger partial charge in [0.2, 0.25) is 0 Å². The van der Waals surface area contributed by atoms with Crippen molar-refractivity contribution in [2.75, 3.05) is 52.6 Å². The third-order valence-electron chi connectivity index (χ3n) is 4.47. The summed E-state index contributed by atoms with van der Waals surface area (Å²) in [6.45, 7) is 13.8. The van der Waals surface area contributed by atoms with E-state index in [1.165, 1.54) is 0 Å². The van der Waals surface area contributed by atoms with Crippen LogP contribution in [0, 0.1) is 5.41 Å². The summed E-state index contributed by atoms with van der Waals surface area (Å²) >= 11 is 0. The Morgan fingerprint density at radius 2 is 1.26 bits per heavy atom.